The van der Waals surface area contributed by atoms with E-state index in [2.05, 4.69) is 21.2 Å². The van der Waals surface area contributed by atoms with Gasteiger partial charge in [0.2, 0.25) is 0 Å². The molecule has 2 aromatic carbocycles. The van der Waals surface area contributed by atoms with Crippen LogP contribution in [-0.4, -0.2) is 24.8 Å². The minimum atomic E-state index is -0.153. The maximum absolute atomic E-state index is 11.8. The molecule has 2 aromatic rings. The Morgan fingerprint density at radius 3 is 2.71 bits per heavy atom. The van der Waals surface area contributed by atoms with Crippen LogP contribution in [0.25, 0.3) is 0 Å². The third-order valence-corrected chi connectivity index (χ3v) is 5.10. The number of ether oxygens (including phenoxy) is 1. The number of nitrogens with one attached hydrogen (secondary N) is 1. The zero-order valence-electron chi connectivity index (χ0n) is 12.7. The van der Waals surface area contributed by atoms with Gasteiger partial charge in [-0.15, -0.1) is 0 Å². The summed E-state index contributed by atoms with van der Waals surface area (Å²) in [7, 11) is 0. The second-order valence-corrected chi connectivity index (χ2v) is 7.73. The Bertz CT molecular complexity index is 700. The molecule has 0 aromatic heterocycles. The van der Waals surface area contributed by atoms with Crippen LogP contribution in [0.3, 0.4) is 0 Å². The first-order valence-electron chi connectivity index (χ1n) is 7.21. The summed E-state index contributed by atoms with van der Waals surface area (Å²) in [6.45, 7) is 0.564. The second-order valence-electron chi connectivity index (χ2n) is 4.90. The van der Waals surface area contributed by atoms with Gasteiger partial charge in [0.15, 0.2) is 6.61 Å². The van der Waals surface area contributed by atoms with Gasteiger partial charge in [0.25, 0.3) is 5.91 Å². The number of carbonyl (C=O) groups excluding carboxylic acids is 1. The molecule has 0 unspecified atom stereocenters. The zero-order chi connectivity index (χ0) is 17.4. The fourth-order valence-corrected chi connectivity index (χ4v) is 3.68. The normalized spacial score (nSPS) is 10.5. The Balaban J connectivity index is 1.61. The molecule has 24 heavy (non-hydrogen) atoms. The molecule has 0 aliphatic carbocycles. The SMILES string of the molecule is O=C(COc1ccc(Cl)cc1Br)NCCSCc1cccc(Cl)c1. The molecule has 0 heterocycles. The molecule has 7 heteroatoms. The molecule has 128 valence electrons. The van der Waals surface area contributed by atoms with Crippen molar-refractivity contribution < 1.29 is 9.53 Å². The number of halogens is 3. The van der Waals surface area contributed by atoms with Gasteiger partial charge in [-0.3, -0.25) is 4.79 Å². The fraction of sp³-hybridized carbons (Fsp3) is 0.235. The Morgan fingerprint density at radius 1 is 1.17 bits per heavy atom. The van der Waals surface area contributed by atoms with Crippen molar-refractivity contribution in [2.45, 2.75) is 5.75 Å². The van der Waals surface area contributed by atoms with Gasteiger partial charge >= 0.3 is 0 Å². The Labute approximate surface area is 164 Å². The summed E-state index contributed by atoms with van der Waals surface area (Å²) in [5.41, 5.74) is 1.18. The highest BCUT2D eigenvalue weighted by atomic mass is 79.9. The number of carbonyl (C=O) groups is 1. The van der Waals surface area contributed by atoms with Gasteiger partial charge < -0.3 is 10.1 Å². The predicted molar refractivity (Wildman–Crippen MR) is 105 cm³/mol. The number of hydrogen-bond acceptors (Lipinski definition) is 3. The van der Waals surface area contributed by atoms with Crippen molar-refractivity contribution in [2.75, 3.05) is 18.9 Å². The molecule has 0 radical (unpaired) electrons. The van der Waals surface area contributed by atoms with Gasteiger partial charge in [-0.25, -0.2) is 0 Å². The highest BCUT2D eigenvalue weighted by molar-refractivity contribution is 9.10. The molecular formula is C17H16BrCl2NO2S. The summed E-state index contributed by atoms with van der Waals surface area (Å²) in [6.07, 6.45) is 0. The van der Waals surface area contributed by atoms with Crippen LogP contribution < -0.4 is 10.1 Å². The van der Waals surface area contributed by atoms with Gasteiger partial charge in [0.1, 0.15) is 5.75 Å². The highest BCUT2D eigenvalue weighted by Gasteiger charge is 2.06. The van der Waals surface area contributed by atoms with Crippen LogP contribution in [0.5, 0.6) is 5.75 Å². The van der Waals surface area contributed by atoms with Gasteiger partial charge in [0.05, 0.1) is 4.47 Å². The first-order valence-corrected chi connectivity index (χ1v) is 9.91. The molecule has 0 spiro atoms. The monoisotopic (exact) mass is 447 g/mol. The highest BCUT2D eigenvalue weighted by Crippen LogP contribution is 2.27. The van der Waals surface area contributed by atoms with E-state index < -0.39 is 0 Å². The topological polar surface area (TPSA) is 38.3 Å². The number of benzene rings is 2. The molecule has 2 rings (SSSR count). The zero-order valence-corrected chi connectivity index (χ0v) is 16.6. The van der Waals surface area contributed by atoms with Crippen molar-refractivity contribution in [3.05, 3.63) is 62.5 Å². The molecule has 0 bridgehead atoms. The van der Waals surface area contributed by atoms with Crippen LogP contribution in [0.15, 0.2) is 46.9 Å². The molecule has 0 fully saturated rings. The lowest BCUT2D eigenvalue weighted by Gasteiger charge is -2.09. The van der Waals surface area contributed by atoms with Crippen molar-refractivity contribution in [1.29, 1.82) is 0 Å². The van der Waals surface area contributed by atoms with Crippen molar-refractivity contribution in [2.24, 2.45) is 0 Å². The maximum Gasteiger partial charge on any atom is 0.257 e. The van der Waals surface area contributed by atoms with Crippen LogP contribution in [0, 0.1) is 0 Å². The fourth-order valence-electron chi connectivity index (χ4n) is 1.87. The van der Waals surface area contributed by atoms with E-state index in [-0.39, 0.29) is 12.5 Å². The van der Waals surface area contributed by atoms with Gasteiger partial charge in [-0.2, -0.15) is 11.8 Å². The lowest BCUT2D eigenvalue weighted by atomic mass is 10.2. The minimum absolute atomic E-state index is 0.0286. The van der Waals surface area contributed by atoms with Gasteiger partial charge in [-0.05, 0) is 51.8 Å². The molecule has 0 aliphatic rings. The summed E-state index contributed by atoms with van der Waals surface area (Å²) >= 11 is 16.9. The molecule has 0 saturated carbocycles. The van der Waals surface area contributed by atoms with E-state index in [0.29, 0.717) is 17.3 Å². The smallest absolute Gasteiger partial charge is 0.257 e. The number of amides is 1. The predicted octanol–water partition coefficient (Wildman–Crippen LogP) is 5.18. The molecule has 1 N–H and O–H groups in total. The number of rotatable bonds is 8. The van der Waals surface area contributed by atoms with Crippen LogP contribution >= 0.6 is 50.9 Å². The number of thioether (sulfide) groups is 1. The van der Waals surface area contributed by atoms with Crippen molar-refractivity contribution in [3.8, 4) is 5.75 Å². The third-order valence-electron chi connectivity index (χ3n) is 2.98. The molecular weight excluding hydrogens is 433 g/mol. The van der Waals surface area contributed by atoms with E-state index in [1.54, 1.807) is 30.0 Å². The second kappa shape index (κ2) is 10.2. The molecule has 0 atom stereocenters. The van der Waals surface area contributed by atoms with Crippen LogP contribution in [0.2, 0.25) is 10.0 Å². The maximum atomic E-state index is 11.8. The average Bonchev–Trinajstić information content (AvgIpc) is 2.54. The molecule has 1 amide bonds. The first kappa shape index (κ1) is 19.4. The molecule has 0 saturated heterocycles. The van der Waals surface area contributed by atoms with E-state index in [4.69, 9.17) is 27.9 Å². The van der Waals surface area contributed by atoms with Gasteiger partial charge in [-0.1, -0.05) is 35.3 Å². The quantitative estimate of drug-likeness (QED) is 0.565. The number of hydrogen-bond donors (Lipinski definition) is 1. The Kier molecular flexibility index (Phi) is 8.25. The summed E-state index contributed by atoms with van der Waals surface area (Å²) in [4.78, 5) is 11.8. The van der Waals surface area contributed by atoms with Gasteiger partial charge in [0, 0.05) is 28.1 Å². The first-order chi connectivity index (χ1) is 11.5. The molecule has 0 aliphatic heterocycles. The van der Waals surface area contributed by atoms with Crippen molar-refractivity contribution >= 4 is 56.8 Å². The van der Waals surface area contributed by atoms with Crippen LogP contribution in [0.4, 0.5) is 0 Å². The van der Waals surface area contributed by atoms with E-state index in [9.17, 15) is 4.79 Å². The van der Waals surface area contributed by atoms with Crippen molar-refractivity contribution in [1.82, 2.24) is 5.32 Å². The van der Waals surface area contributed by atoms with E-state index in [1.807, 2.05) is 24.3 Å². The van der Waals surface area contributed by atoms with E-state index >= 15 is 0 Å². The van der Waals surface area contributed by atoms with Crippen molar-refractivity contribution in [3.63, 3.8) is 0 Å². The summed E-state index contributed by atoms with van der Waals surface area (Å²) in [6, 6.07) is 12.9. The standard InChI is InChI=1S/C17H16BrCl2NO2S/c18-15-9-14(20)4-5-16(15)23-10-17(22)21-6-7-24-11-12-2-1-3-13(19)8-12/h1-5,8-9H,6-7,10-11H2,(H,21,22). The summed E-state index contributed by atoms with van der Waals surface area (Å²) in [5, 5.41) is 4.18. The van der Waals surface area contributed by atoms with Crippen LogP contribution in [-0.2, 0) is 10.5 Å². The average molecular weight is 449 g/mol. The minimum Gasteiger partial charge on any atom is -0.483 e. The Hall–Kier alpha value is -0.880. The summed E-state index contributed by atoms with van der Waals surface area (Å²) in [5.74, 6) is 2.12. The van der Waals surface area contributed by atoms with Crippen LogP contribution in [0.1, 0.15) is 5.56 Å². The lowest BCUT2D eigenvalue weighted by molar-refractivity contribution is -0.122. The van der Waals surface area contributed by atoms with E-state index in [1.165, 1.54) is 5.56 Å². The lowest BCUT2D eigenvalue weighted by Crippen LogP contribution is -2.30. The van der Waals surface area contributed by atoms with E-state index in [0.717, 1.165) is 21.0 Å². The molecule has 3 nitrogen and oxygen atoms in total. The summed E-state index contributed by atoms with van der Waals surface area (Å²) < 4.78 is 6.18. The Morgan fingerprint density at radius 2 is 1.96 bits per heavy atom. The third kappa shape index (κ3) is 6.93. The largest absolute Gasteiger partial charge is 0.483 e.